The Bertz CT molecular complexity index is 3430. The highest BCUT2D eigenvalue weighted by atomic mass is 16.3. The van der Waals surface area contributed by atoms with Gasteiger partial charge in [0.1, 0.15) is 11.2 Å². The number of hydrogen-bond acceptors (Lipinski definition) is 4. The molecule has 3 atom stereocenters. The molecule has 1 unspecified atom stereocenters. The Morgan fingerprint density at radius 3 is 2.13 bits per heavy atom. The molecule has 0 aliphatic rings. The van der Waals surface area contributed by atoms with Crippen LogP contribution in [0.1, 0.15) is 50.7 Å². The number of furan rings is 1. The minimum Gasteiger partial charge on any atom is -0.456 e. The normalized spacial score (nSPS) is 13.8. The summed E-state index contributed by atoms with van der Waals surface area (Å²) in [5.74, 6) is 2.71. The van der Waals surface area contributed by atoms with Crippen LogP contribution in [0, 0.1) is 11.8 Å². The van der Waals surface area contributed by atoms with Crippen LogP contribution in [0.25, 0.3) is 95.9 Å². The highest BCUT2D eigenvalue weighted by molar-refractivity contribution is 6.08. The topological polar surface area (TPSA) is 51.8 Å². The van der Waals surface area contributed by atoms with E-state index < -0.39 is 0 Å². The molecule has 8 aromatic carbocycles. The Kier molecular flexibility index (Phi) is 10.8. The molecular formula is C59H49N3O. The fourth-order valence-electron chi connectivity index (χ4n) is 9.21. The zero-order valence-corrected chi connectivity index (χ0v) is 36.0. The molecule has 306 valence electrons. The first-order valence-electron chi connectivity index (χ1n) is 22.0. The summed E-state index contributed by atoms with van der Waals surface area (Å²) in [5, 5.41) is 9.20. The van der Waals surface area contributed by atoms with Crippen LogP contribution in [0.3, 0.4) is 0 Å². The van der Waals surface area contributed by atoms with Crippen molar-refractivity contribution >= 4 is 61.7 Å². The second-order valence-corrected chi connectivity index (χ2v) is 17.0. The van der Waals surface area contributed by atoms with E-state index in [0.29, 0.717) is 29.3 Å². The molecule has 10 rings (SSSR count). The third-order valence-electron chi connectivity index (χ3n) is 13.0. The summed E-state index contributed by atoms with van der Waals surface area (Å²) in [7, 11) is 0. The molecule has 0 saturated carbocycles. The Morgan fingerprint density at radius 1 is 0.587 bits per heavy atom. The number of nitrogens with zero attached hydrogens (tertiary/aromatic N) is 3. The van der Waals surface area contributed by atoms with Gasteiger partial charge in [-0.2, -0.15) is 0 Å². The molecule has 0 aliphatic carbocycles. The fourth-order valence-corrected chi connectivity index (χ4v) is 9.21. The van der Waals surface area contributed by atoms with Gasteiger partial charge in [-0.05, 0) is 111 Å². The minimum atomic E-state index is 0.0968. The molecular weight excluding hydrogens is 767 g/mol. The van der Waals surface area contributed by atoms with Gasteiger partial charge in [-0.1, -0.05) is 178 Å². The lowest BCUT2D eigenvalue weighted by Crippen LogP contribution is -2.22. The molecule has 0 aliphatic heterocycles. The second kappa shape index (κ2) is 17.1. The van der Waals surface area contributed by atoms with Gasteiger partial charge < -0.3 is 4.42 Å². The third-order valence-corrected chi connectivity index (χ3v) is 13.0. The van der Waals surface area contributed by atoms with E-state index in [1.807, 2.05) is 18.2 Å². The number of fused-ring (bicyclic) bond motifs is 5. The van der Waals surface area contributed by atoms with Crippen LogP contribution < -0.4 is 10.4 Å². The quantitative estimate of drug-likeness (QED) is 0.130. The number of aromatic nitrogens is 3. The predicted octanol–water partition coefficient (Wildman–Crippen LogP) is 14.2. The van der Waals surface area contributed by atoms with Crippen LogP contribution in [-0.2, 0) is 0 Å². The Hall–Kier alpha value is -7.43. The highest BCUT2D eigenvalue weighted by Gasteiger charge is 2.27. The largest absolute Gasteiger partial charge is 0.456 e. The first kappa shape index (κ1) is 39.7. The Balaban J connectivity index is 1.11. The van der Waals surface area contributed by atoms with Gasteiger partial charge in [0.15, 0.2) is 17.5 Å². The van der Waals surface area contributed by atoms with Crippen molar-refractivity contribution in [2.45, 2.75) is 39.5 Å². The number of hydrogen-bond donors (Lipinski definition) is 0. The third kappa shape index (κ3) is 7.97. The standard InChI is InChI=1S/C59H49N3O/c1-38(18-14-25-42-19-9-8-17-39(42)2)41(4)52(35-40(3)46-32-31-43-20-10-11-24-47(43)36-46)50-28-16-30-55-56(50)53-37-48(33-34-54(53)63-55)58-60-57(45-22-6-5-7-23-45)61-59(62-58)51-29-15-26-44-21-12-13-27-49(44)51/h5-13,15-17,19-38,41,52H,2,14,18H2,1,3-4H3/b40-35+,42-25-/t38?,41-,52+/m0/s1. The van der Waals surface area contributed by atoms with Crippen LogP contribution in [0.2, 0.25) is 0 Å². The first-order valence-corrected chi connectivity index (χ1v) is 22.0. The van der Waals surface area contributed by atoms with Crippen LogP contribution in [-0.4, -0.2) is 15.0 Å². The van der Waals surface area contributed by atoms with Crippen LogP contribution >= 0.6 is 0 Å². The fraction of sp³-hybridized carbons (Fsp3) is 0.136. The number of rotatable bonds is 11. The maximum atomic E-state index is 6.69. The molecule has 63 heavy (non-hydrogen) atoms. The van der Waals surface area contributed by atoms with E-state index in [9.17, 15) is 0 Å². The van der Waals surface area contributed by atoms with Crippen molar-refractivity contribution in [1.82, 2.24) is 15.0 Å². The molecule has 0 N–H and O–H groups in total. The SMILES string of the molecule is C=c1cccc/c1=C/CCC(C)[C@H](C)[C@@H](/C=C(\C)c1ccc2ccccc2c1)c1cccc2oc3ccc(-c4nc(-c5ccccc5)nc(-c5cccc6ccccc56)n4)cc3c12. The van der Waals surface area contributed by atoms with Gasteiger partial charge in [0.2, 0.25) is 0 Å². The molecule has 0 amide bonds. The van der Waals surface area contributed by atoms with E-state index >= 15 is 0 Å². The van der Waals surface area contributed by atoms with Gasteiger partial charge in [0.05, 0.1) is 0 Å². The molecule has 4 nitrogen and oxygen atoms in total. The van der Waals surface area contributed by atoms with Gasteiger partial charge in [-0.15, -0.1) is 0 Å². The van der Waals surface area contributed by atoms with Gasteiger partial charge in [-0.3, -0.25) is 0 Å². The summed E-state index contributed by atoms with van der Waals surface area (Å²) >= 11 is 0. The smallest absolute Gasteiger partial charge is 0.164 e. The first-order chi connectivity index (χ1) is 30.9. The molecule has 0 bridgehead atoms. The lowest BCUT2D eigenvalue weighted by molar-refractivity contribution is 0.342. The van der Waals surface area contributed by atoms with Gasteiger partial charge in [-0.25, -0.2) is 15.0 Å². The van der Waals surface area contributed by atoms with Crippen molar-refractivity contribution in [2.75, 3.05) is 0 Å². The molecule has 0 radical (unpaired) electrons. The average Bonchev–Trinajstić information content (AvgIpc) is 3.72. The van der Waals surface area contributed by atoms with E-state index in [0.717, 1.165) is 67.5 Å². The summed E-state index contributed by atoms with van der Waals surface area (Å²) in [6, 6.07) is 61.6. The molecule has 0 fully saturated rings. The van der Waals surface area contributed by atoms with Crippen LogP contribution in [0.4, 0.5) is 0 Å². The van der Waals surface area contributed by atoms with Crippen LogP contribution in [0.15, 0.2) is 186 Å². The summed E-state index contributed by atoms with van der Waals surface area (Å²) in [4.78, 5) is 15.4. The maximum Gasteiger partial charge on any atom is 0.164 e. The van der Waals surface area contributed by atoms with Gasteiger partial charge in [0.25, 0.3) is 0 Å². The summed E-state index contributed by atoms with van der Waals surface area (Å²) in [6.07, 6.45) is 6.90. The number of allylic oxidation sites excluding steroid dienone is 2. The molecule has 4 heteroatoms. The Morgan fingerprint density at radius 2 is 1.29 bits per heavy atom. The van der Waals surface area contributed by atoms with Gasteiger partial charge >= 0.3 is 0 Å². The van der Waals surface area contributed by atoms with Gasteiger partial charge in [0, 0.05) is 33.4 Å². The molecule has 0 spiro atoms. The predicted molar refractivity (Wildman–Crippen MR) is 264 cm³/mol. The van der Waals surface area contributed by atoms with E-state index in [2.05, 4.69) is 197 Å². The summed E-state index contributed by atoms with van der Waals surface area (Å²) in [5.41, 5.74) is 8.27. The van der Waals surface area contributed by atoms with Crippen molar-refractivity contribution in [3.63, 3.8) is 0 Å². The summed E-state index contributed by atoms with van der Waals surface area (Å²) in [6.45, 7) is 11.4. The zero-order valence-electron chi connectivity index (χ0n) is 36.0. The molecule has 10 aromatic rings. The average molecular weight is 816 g/mol. The lowest BCUT2D eigenvalue weighted by atomic mass is 9.76. The molecule has 2 heterocycles. The van der Waals surface area contributed by atoms with E-state index in [-0.39, 0.29) is 5.92 Å². The van der Waals surface area contributed by atoms with Crippen molar-refractivity contribution in [2.24, 2.45) is 11.8 Å². The lowest BCUT2D eigenvalue weighted by Gasteiger charge is -2.28. The number of benzene rings is 8. The monoisotopic (exact) mass is 815 g/mol. The van der Waals surface area contributed by atoms with Crippen molar-refractivity contribution < 1.29 is 4.42 Å². The van der Waals surface area contributed by atoms with E-state index in [1.54, 1.807) is 0 Å². The van der Waals surface area contributed by atoms with Crippen molar-refractivity contribution in [3.05, 3.63) is 204 Å². The van der Waals surface area contributed by atoms with E-state index in [4.69, 9.17) is 19.4 Å². The van der Waals surface area contributed by atoms with Crippen molar-refractivity contribution in [3.8, 4) is 34.2 Å². The zero-order chi connectivity index (χ0) is 42.9. The molecule has 2 aromatic heterocycles. The minimum absolute atomic E-state index is 0.0968. The Labute approximate surface area is 368 Å². The second-order valence-electron chi connectivity index (χ2n) is 17.0. The highest BCUT2D eigenvalue weighted by Crippen LogP contribution is 2.43. The van der Waals surface area contributed by atoms with Crippen LogP contribution in [0.5, 0.6) is 0 Å². The summed E-state index contributed by atoms with van der Waals surface area (Å²) < 4.78 is 6.69. The van der Waals surface area contributed by atoms with Crippen molar-refractivity contribution in [1.29, 1.82) is 0 Å². The maximum absolute atomic E-state index is 6.69. The van der Waals surface area contributed by atoms with E-state index in [1.165, 1.54) is 32.7 Å². The molecule has 0 saturated heterocycles.